The molecular weight excluding hydrogens is 204 g/mol. The Kier molecular flexibility index (Phi) is 2.11. The average molecular weight is 214 g/mol. The van der Waals surface area contributed by atoms with E-state index in [9.17, 15) is 0 Å². The van der Waals surface area contributed by atoms with E-state index in [0.29, 0.717) is 11.6 Å². The molecule has 0 radical (unpaired) electrons. The molecule has 1 aromatic carbocycles. The second-order valence-electron chi connectivity index (χ2n) is 3.38. The van der Waals surface area contributed by atoms with Gasteiger partial charge in [0.2, 0.25) is 12.5 Å². The van der Waals surface area contributed by atoms with Crippen LogP contribution in [-0.4, -0.2) is 11.8 Å². The Bertz CT molecular complexity index is 500. The van der Waals surface area contributed by atoms with Crippen molar-refractivity contribution < 1.29 is 9.47 Å². The van der Waals surface area contributed by atoms with Crippen LogP contribution in [0.15, 0.2) is 42.6 Å². The molecule has 80 valence electrons. The Balaban J connectivity index is 1.94. The van der Waals surface area contributed by atoms with E-state index in [0.717, 1.165) is 11.4 Å². The van der Waals surface area contributed by atoms with E-state index in [1.54, 1.807) is 12.3 Å². The number of fused-ring (bicyclic) bond motifs is 1. The van der Waals surface area contributed by atoms with Gasteiger partial charge in [0, 0.05) is 18.0 Å². The van der Waals surface area contributed by atoms with E-state index in [1.165, 1.54) is 0 Å². The van der Waals surface area contributed by atoms with Crippen LogP contribution in [-0.2, 0) is 0 Å². The van der Waals surface area contributed by atoms with Crippen molar-refractivity contribution in [2.75, 3.05) is 12.1 Å². The van der Waals surface area contributed by atoms with Crippen LogP contribution in [0.25, 0.3) is 0 Å². The molecule has 0 unspecified atom stereocenters. The van der Waals surface area contributed by atoms with Gasteiger partial charge in [-0.2, -0.15) is 0 Å². The highest BCUT2D eigenvalue weighted by Gasteiger charge is 2.18. The minimum atomic E-state index is 0.254. The minimum absolute atomic E-state index is 0.254. The van der Waals surface area contributed by atoms with Crippen molar-refractivity contribution in [1.82, 2.24) is 4.98 Å². The predicted octanol–water partition coefficient (Wildman–Crippen LogP) is 2.55. The van der Waals surface area contributed by atoms with Gasteiger partial charge in [0.1, 0.15) is 0 Å². The highest BCUT2D eigenvalue weighted by atomic mass is 16.7. The summed E-state index contributed by atoms with van der Waals surface area (Å²) in [5.74, 6) is 2.08. The Hall–Kier alpha value is -2.23. The molecule has 0 spiro atoms. The molecule has 0 aliphatic carbocycles. The molecule has 1 aromatic heterocycles. The maximum Gasteiger partial charge on any atom is 0.231 e. The molecule has 2 heterocycles. The van der Waals surface area contributed by atoms with Crippen molar-refractivity contribution >= 4 is 11.5 Å². The van der Waals surface area contributed by atoms with Crippen LogP contribution in [0.2, 0.25) is 0 Å². The first-order valence-electron chi connectivity index (χ1n) is 5.00. The number of nitrogens with one attached hydrogen (secondary N) is 1. The van der Waals surface area contributed by atoms with Crippen molar-refractivity contribution in [2.24, 2.45) is 0 Å². The summed E-state index contributed by atoms with van der Waals surface area (Å²) in [7, 11) is 0. The zero-order valence-electron chi connectivity index (χ0n) is 8.51. The number of hydrogen-bond acceptors (Lipinski definition) is 4. The van der Waals surface area contributed by atoms with Gasteiger partial charge in [-0.05, 0) is 12.1 Å². The number of anilines is 2. The summed E-state index contributed by atoms with van der Waals surface area (Å²) in [4.78, 5) is 4.23. The van der Waals surface area contributed by atoms with Gasteiger partial charge in [-0.3, -0.25) is 0 Å². The molecule has 0 bridgehead atoms. The quantitative estimate of drug-likeness (QED) is 0.834. The number of hydrogen-bond donors (Lipinski definition) is 1. The van der Waals surface area contributed by atoms with E-state index < -0.39 is 0 Å². The monoisotopic (exact) mass is 214 g/mol. The third-order valence-corrected chi connectivity index (χ3v) is 2.32. The van der Waals surface area contributed by atoms with Crippen molar-refractivity contribution in [3.8, 4) is 11.5 Å². The lowest BCUT2D eigenvalue weighted by molar-refractivity contribution is 0.174. The average Bonchev–Trinajstić information content (AvgIpc) is 2.80. The van der Waals surface area contributed by atoms with E-state index in [-0.39, 0.29) is 6.79 Å². The third-order valence-electron chi connectivity index (χ3n) is 2.32. The molecule has 0 atom stereocenters. The molecule has 3 rings (SSSR count). The molecule has 1 N–H and O–H groups in total. The molecule has 16 heavy (non-hydrogen) atoms. The highest BCUT2D eigenvalue weighted by Crippen LogP contribution is 2.38. The van der Waals surface area contributed by atoms with Crippen molar-refractivity contribution in [3.05, 3.63) is 42.6 Å². The normalized spacial score (nSPS) is 12.5. The summed E-state index contributed by atoms with van der Waals surface area (Å²) < 4.78 is 10.6. The predicted molar refractivity (Wildman–Crippen MR) is 60.1 cm³/mol. The van der Waals surface area contributed by atoms with Crippen LogP contribution in [0.5, 0.6) is 11.5 Å². The lowest BCUT2D eigenvalue weighted by Crippen LogP contribution is -1.96. The van der Waals surface area contributed by atoms with Crippen LogP contribution in [0.4, 0.5) is 11.5 Å². The van der Waals surface area contributed by atoms with Gasteiger partial charge in [-0.25, -0.2) is 4.98 Å². The van der Waals surface area contributed by atoms with E-state index in [4.69, 9.17) is 9.47 Å². The highest BCUT2D eigenvalue weighted by molar-refractivity contribution is 5.66. The Morgan fingerprint density at radius 3 is 2.81 bits per heavy atom. The van der Waals surface area contributed by atoms with Crippen molar-refractivity contribution in [3.63, 3.8) is 0 Å². The number of nitrogens with zero attached hydrogens (tertiary/aromatic N) is 1. The Morgan fingerprint density at radius 1 is 1.06 bits per heavy atom. The zero-order chi connectivity index (χ0) is 10.8. The summed E-state index contributed by atoms with van der Waals surface area (Å²) >= 11 is 0. The SMILES string of the molecule is c1ccc(Nc2nccc3c2OCO3)cc1. The van der Waals surface area contributed by atoms with Crippen LogP contribution in [0.3, 0.4) is 0 Å². The summed E-state index contributed by atoms with van der Waals surface area (Å²) in [6.07, 6.45) is 1.69. The van der Waals surface area contributed by atoms with Crippen LogP contribution in [0, 0.1) is 0 Å². The Labute approximate surface area is 92.8 Å². The number of pyridine rings is 1. The van der Waals surface area contributed by atoms with Crippen LogP contribution >= 0.6 is 0 Å². The summed E-state index contributed by atoms with van der Waals surface area (Å²) in [5.41, 5.74) is 0.971. The summed E-state index contributed by atoms with van der Waals surface area (Å²) in [6.45, 7) is 0.254. The van der Waals surface area contributed by atoms with Gasteiger partial charge in [0.25, 0.3) is 0 Å². The molecule has 2 aromatic rings. The first kappa shape index (κ1) is 9.03. The smallest absolute Gasteiger partial charge is 0.231 e. The maximum absolute atomic E-state index is 5.35. The fraction of sp³-hybridized carbons (Fsp3) is 0.0833. The molecule has 4 nitrogen and oxygen atoms in total. The molecule has 4 heteroatoms. The first-order valence-corrected chi connectivity index (χ1v) is 5.00. The largest absolute Gasteiger partial charge is 0.453 e. The van der Waals surface area contributed by atoms with Crippen LogP contribution in [0.1, 0.15) is 0 Å². The molecule has 1 aliphatic heterocycles. The third kappa shape index (κ3) is 1.54. The zero-order valence-corrected chi connectivity index (χ0v) is 8.51. The topological polar surface area (TPSA) is 43.4 Å². The second-order valence-corrected chi connectivity index (χ2v) is 3.38. The van der Waals surface area contributed by atoms with E-state index >= 15 is 0 Å². The lowest BCUT2D eigenvalue weighted by Gasteiger charge is -2.07. The number of aromatic nitrogens is 1. The fourth-order valence-corrected chi connectivity index (χ4v) is 1.58. The number of rotatable bonds is 2. The molecule has 0 fully saturated rings. The van der Waals surface area contributed by atoms with Gasteiger partial charge in [-0.15, -0.1) is 0 Å². The molecule has 0 saturated heterocycles. The van der Waals surface area contributed by atoms with Crippen molar-refractivity contribution in [2.45, 2.75) is 0 Å². The minimum Gasteiger partial charge on any atom is -0.453 e. The maximum atomic E-state index is 5.35. The van der Waals surface area contributed by atoms with E-state index in [2.05, 4.69) is 10.3 Å². The van der Waals surface area contributed by atoms with E-state index in [1.807, 2.05) is 30.3 Å². The van der Waals surface area contributed by atoms with Gasteiger partial charge >= 0.3 is 0 Å². The van der Waals surface area contributed by atoms with Gasteiger partial charge in [-0.1, -0.05) is 18.2 Å². The van der Waals surface area contributed by atoms with Gasteiger partial charge in [0.15, 0.2) is 11.6 Å². The fourth-order valence-electron chi connectivity index (χ4n) is 1.58. The first-order chi connectivity index (χ1) is 7.93. The number of benzene rings is 1. The van der Waals surface area contributed by atoms with Crippen molar-refractivity contribution in [1.29, 1.82) is 0 Å². The van der Waals surface area contributed by atoms with Crippen LogP contribution < -0.4 is 14.8 Å². The summed E-state index contributed by atoms with van der Waals surface area (Å²) in [5, 5.41) is 3.19. The lowest BCUT2D eigenvalue weighted by atomic mass is 10.3. The van der Waals surface area contributed by atoms with Gasteiger partial charge < -0.3 is 14.8 Å². The molecule has 0 saturated carbocycles. The Morgan fingerprint density at radius 2 is 1.94 bits per heavy atom. The molecule has 1 aliphatic rings. The number of para-hydroxylation sites is 1. The standard InChI is InChI=1S/C12H10N2O2/c1-2-4-9(5-3-1)14-12-11-10(6-7-13-12)15-8-16-11/h1-7H,8H2,(H,13,14). The summed E-state index contributed by atoms with van der Waals surface area (Å²) in [6, 6.07) is 11.6. The molecule has 0 amide bonds. The number of ether oxygens (including phenoxy) is 2. The molecular formula is C12H10N2O2. The second kappa shape index (κ2) is 3.73. The van der Waals surface area contributed by atoms with Gasteiger partial charge in [0.05, 0.1) is 0 Å².